The smallest absolute Gasteiger partial charge is 0.312 e. The van der Waals surface area contributed by atoms with E-state index in [9.17, 15) is 10.1 Å². The third kappa shape index (κ3) is 2.88. The molecule has 0 amide bonds. The van der Waals surface area contributed by atoms with Crippen molar-refractivity contribution in [3.05, 3.63) is 27.9 Å². The van der Waals surface area contributed by atoms with Gasteiger partial charge in [-0.25, -0.2) is 4.98 Å². The highest BCUT2D eigenvalue weighted by atomic mass is 16.6. The largest absolute Gasteiger partial charge is 0.409 e. The molecule has 1 unspecified atom stereocenters. The lowest BCUT2D eigenvalue weighted by molar-refractivity contribution is -0.384. The molecule has 21 heavy (non-hydrogen) atoms. The monoisotopic (exact) mass is 293 g/mol. The van der Waals surface area contributed by atoms with Crippen molar-refractivity contribution in [1.29, 1.82) is 0 Å². The molecule has 8 heteroatoms. The van der Waals surface area contributed by atoms with Gasteiger partial charge in [0.2, 0.25) is 5.82 Å². The van der Waals surface area contributed by atoms with E-state index in [1.165, 1.54) is 12.3 Å². The molecule has 1 aromatic heterocycles. The van der Waals surface area contributed by atoms with Crippen LogP contribution < -0.4 is 10.6 Å². The Bertz CT molecular complexity index is 573. The topological polar surface area (TPSA) is 118 Å². The summed E-state index contributed by atoms with van der Waals surface area (Å²) in [6, 6.07) is 1.54. The molecule has 114 valence electrons. The van der Waals surface area contributed by atoms with Gasteiger partial charge in [-0.1, -0.05) is 19.0 Å². The van der Waals surface area contributed by atoms with E-state index in [1.54, 1.807) is 0 Å². The van der Waals surface area contributed by atoms with Crippen LogP contribution in [0.1, 0.15) is 32.3 Å². The Morgan fingerprint density at radius 1 is 1.67 bits per heavy atom. The van der Waals surface area contributed by atoms with Gasteiger partial charge in [-0.05, 0) is 18.8 Å². The molecule has 8 nitrogen and oxygen atoms in total. The Kier molecular flexibility index (Phi) is 4.25. The molecular formula is C13H19N5O3. The molecule has 0 bridgehead atoms. The molecule has 1 fully saturated rings. The summed E-state index contributed by atoms with van der Waals surface area (Å²) >= 11 is 0. The third-order valence-corrected chi connectivity index (χ3v) is 3.79. The summed E-state index contributed by atoms with van der Waals surface area (Å²) < 4.78 is 0. The summed E-state index contributed by atoms with van der Waals surface area (Å²) in [4.78, 5) is 17.0. The van der Waals surface area contributed by atoms with Gasteiger partial charge >= 0.3 is 5.69 Å². The number of rotatable bonds is 4. The van der Waals surface area contributed by atoms with Crippen molar-refractivity contribution in [2.24, 2.45) is 16.8 Å². The first kappa shape index (κ1) is 15.0. The van der Waals surface area contributed by atoms with Gasteiger partial charge < -0.3 is 15.8 Å². The number of amidine groups is 1. The Balaban J connectivity index is 2.46. The van der Waals surface area contributed by atoms with Crippen LogP contribution in [-0.4, -0.2) is 33.5 Å². The highest BCUT2D eigenvalue weighted by Crippen LogP contribution is 2.34. The number of aromatic nitrogens is 1. The lowest BCUT2D eigenvalue weighted by Crippen LogP contribution is -2.34. The molecule has 3 N–H and O–H groups in total. The van der Waals surface area contributed by atoms with E-state index in [4.69, 9.17) is 10.9 Å². The van der Waals surface area contributed by atoms with Gasteiger partial charge in [-0.15, -0.1) is 0 Å². The number of hydrogen-bond donors (Lipinski definition) is 2. The van der Waals surface area contributed by atoms with Gasteiger partial charge in [0.05, 0.1) is 4.92 Å². The van der Waals surface area contributed by atoms with Crippen LogP contribution in [0.4, 0.5) is 11.5 Å². The van der Waals surface area contributed by atoms with Gasteiger partial charge in [-0.2, -0.15) is 0 Å². The van der Waals surface area contributed by atoms with Gasteiger partial charge in [0, 0.05) is 30.4 Å². The van der Waals surface area contributed by atoms with Gasteiger partial charge in [0.15, 0.2) is 5.84 Å². The molecule has 0 radical (unpaired) electrons. The summed E-state index contributed by atoms with van der Waals surface area (Å²) in [5.41, 5.74) is 5.58. The number of nitro groups is 1. The van der Waals surface area contributed by atoms with E-state index < -0.39 is 4.92 Å². The van der Waals surface area contributed by atoms with E-state index in [0.717, 1.165) is 19.4 Å². The van der Waals surface area contributed by atoms with Crippen molar-refractivity contribution in [2.75, 3.05) is 11.4 Å². The van der Waals surface area contributed by atoms with Gasteiger partial charge in [-0.3, -0.25) is 10.1 Å². The molecule has 2 rings (SSSR count). The first-order valence-corrected chi connectivity index (χ1v) is 6.84. The fourth-order valence-electron chi connectivity index (χ4n) is 2.75. The van der Waals surface area contributed by atoms with Crippen molar-refractivity contribution in [3.8, 4) is 0 Å². The van der Waals surface area contributed by atoms with Gasteiger partial charge in [0.1, 0.15) is 0 Å². The van der Waals surface area contributed by atoms with E-state index in [0.29, 0.717) is 11.7 Å². The summed E-state index contributed by atoms with van der Waals surface area (Å²) in [6.07, 6.45) is 3.38. The van der Waals surface area contributed by atoms with Crippen molar-refractivity contribution in [2.45, 2.75) is 32.7 Å². The Hall–Kier alpha value is -2.38. The summed E-state index contributed by atoms with van der Waals surface area (Å²) in [6.45, 7) is 4.94. The number of pyridine rings is 1. The molecule has 1 aliphatic rings. The number of nitrogens with zero attached hydrogens (tertiary/aromatic N) is 4. The Labute approximate surface area is 122 Å². The zero-order chi connectivity index (χ0) is 15.6. The second kappa shape index (κ2) is 5.94. The number of nitrogens with two attached hydrogens (primary N) is 1. The van der Waals surface area contributed by atoms with Crippen molar-refractivity contribution < 1.29 is 10.1 Å². The minimum absolute atomic E-state index is 0.119. The average molecular weight is 293 g/mol. The molecule has 1 saturated heterocycles. The van der Waals surface area contributed by atoms with Crippen LogP contribution in [0.2, 0.25) is 0 Å². The molecule has 0 aliphatic carbocycles. The Morgan fingerprint density at radius 3 is 2.95 bits per heavy atom. The van der Waals surface area contributed by atoms with Crippen LogP contribution in [0.15, 0.2) is 17.4 Å². The molecule has 0 saturated carbocycles. The highest BCUT2D eigenvalue weighted by molar-refractivity contribution is 5.97. The van der Waals surface area contributed by atoms with Crippen LogP contribution in [0.3, 0.4) is 0 Å². The lowest BCUT2D eigenvalue weighted by atomic mass is 10.0. The fraction of sp³-hybridized carbons (Fsp3) is 0.538. The van der Waals surface area contributed by atoms with Crippen LogP contribution in [-0.2, 0) is 0 Å². The lowest BCUT2D eigenvalue weighted by Gasteiger charge is -2.28. The second-order valence-electron chi connectivity index (χ2n) is 5.46. The fourth-order valence-corrected chi connectivity index (χ4v) is 2.75. The normalized spacial score (nSPS) is 19.3. The summed E-state index contributed by atoms with van der Waals surface area (Å²) in [7, 11) is 0. The molecule has 2 heterocycles. The second-order valence-corrected chi connectivity index (χ2v) is 5.46. The van der Waals surface area contributed by atoms with Crippen LogP contribution in [0.5, 0.6) is 0 Å². The molecule has 0 aromatic carbocycles. The summed E-state index contributed by atoms with van der Waals surface area (Å²) in [5, 5.41) is 22.8. The van der Waals surface area contributed by atoms with Crippen LogP contribution in [0, 0.1) is 16.0 Å². The van der Waals surface area contributed by atoms with Crippen molar-refractivity contribution >= 4 is 17.3 Å². The molecule has 1 atom stereocenters. The third-order valence-electron chi connectivity index (χ3n) is 3.79. The van der Waals surface area contributed by atoms with Gasteiger partial charge in [0.25, 0.3) is 0 Å². The predicted molar refractivity (Wildman–Crippen MR) is 78.6 cm³/mol. The number of hydrogen-bond acceptors (Lipinski definition) is 6. The van der Waals surface area contributed by atoms with E-state index >= 15 is 0 Å². The number of oxime groups is 1. The molecular weight excluding hydrogens is 274 g/mol. The van der Waals surface area contributed by atoms with Crippen LogP contribution >= 0.6 is 0 Å². The molecule has 1 aliphatic heterocycles. The highest BCUT2D eigenvalue weighted by Gasteiger charge is 2.33. The van der Waals surface area contributed by atoms with E-state index in [2.05, 4.69) is 24.0 Å². The zero-order valence-corrected chi connectivity index (χ0v) is 12.1. The summed E-state index contributed by atoms with van der Waals surface area (Å²) in [5.74, 6) is 0.544. The predicted octanol–water partition coefficient (Wildman–Crippen LogP) is 1.71. The molecule has 0 spiro atoms. The van der Waals surface area contributed by atoms with Crippen LogP contribution in [0.25, 0.3) is 0 Å². The van der Waals surface area contributed by atoms with Crippen molar-refractivity contribution in [1.82, 2.24) is 4.98 Å². The Morgan fingerprint density at radius 2 is 2.38 bits per heavy atom. The SMILES string of the molecule is CC(C)C1CCCN1c1ncc(C(N)=NO)cc1[N+](=O)[O-]. The molecule has 1 aromatic rings. The zero-order valence-electron chi connectivity index (χ0n) is 12.1. The van der Waals surface area contributed by atoms with Crippen molar-refractivity contribution in [3.63, 3.8) is 0 Å². The quantitative estimate of drug-likeness (QED) is 0.287. The van der Waals surface area contributed by atoms with E-state index in [1.807, 2.05) is 4.90 Å². The standard InChI is InChI=1S/C13H19N5O3/c1-8(2)10-4-3-5-17(10)13-11(18(20)21)6-9(7-15-13)12(14)16-19/h6-8,10,19H,3-5H2,1-2H3,(H2,14,16). The maximum absolute atomic E-state index is 11.3. The van der Waals surface area contributed by atoms with E-state index in [-0.39, 0.29) is 23.1 Å². The average Bonchev–Trinajstić information content (AvgIpc) is 2.95. The first-order chi connectivity index (χ1) is 9.95. The first-order valence-electron chi connectivity index (χ1n) is 6.84. The maximum Gasteiger partial charge on any atom is 0.312 e. The number of anilines is 1. The minimum Gasteiger partial charge on any atom is -0.409 e. The maximum atomic E-state index is 11.3. The minimum atomic E-state index is -0.480.